The predicted molar refractivity (Wildman–Crippen MR) is 122 cm³/mol. The molecule has 1 heterocycles. The van der Waals surface area contributed by atoms with E-state index in [0.717, 1.165) is 10.0 Å². The van der Waals surface area contributed by atoms with Crippen molar-refractivity contribution in [3.05, 3.63) is 34.3 Å². The summed E-state index contributed by atoms with van der Waals surface area (Å²) in [6, 6.07) is 7.54. The van der Waals surface area contributed by atoms with E-state index in [1.807, 2.05) is 45.0 Å². The molecule has 1 aliphatic heterocycles. The lowest BCUT2D eigenvalue weighted by Gasteiger charge is -2.43. The van der Waals surface area contributed by atoms with Crippen molar-refractivity contribution in [2.24, 2.45) is 11.3 Å². The predicted octanol–water partition coefficient (Wildman–Crippen LogP) is 5.48. The number of ether oxygens (including phenoxy) is 1. The monoisotopic (exact) mass is 485 g/mol. The molecule has 1 saturated heterocycles. The van der Waals surface area contributed by atoms with Crippen LogP contribution in [0.5, 0.6) is 0 Å². The second-order valence-corrected chi connectivity index (χ2v) is 13.6. The van der Waals surface area contributed by atoms with E-state index >= 15 is 0 Å². The molecule has 1 unspecified atom stereocenters. The Labute approximate surface area is 185 Å². The molecule has 0 radical (unpaired) electrons. The Morgan fingerprint density at radius 1 is 1.21 bits per heavy atom. The number of likely N-dealkylation sites (tertiary alicyclic amines) is 1. The number of carbonyl (C=O) groups excluding carboxylic acids is 1. The third kappa shape index (κ3) is 5.84. The summed E-state index contributed by atoms with van der Waals surface area (Å²) in [7, 11) is -1.61. The Balaban J connectivity index is 2.55. The van der Waals surface area contributed by atoms with Crippen LogP contribution in [0.25, 0.3) is 0 Å². The normalized spacial score (nSPS) is 24.1. The van der Waals surface area contributed by atoms with Crippen molar-refractivity contribution in [1.82, 2.24) is 4.90 Å². The quantitative estimate of drug-likeness (QED) is 0.573. The Hall–Kier alpha value is -0.893. The zero-order chi connectivity index (χ0) is 22.2. The molecule has 0 spiro atoms. The van der Waals surface area contributed by atoms with Crippen LogP contribution in [0.4, 0.5) is 4.79 Å². The minimum absolute atomic E-state index is 0.0383. The molecule has 0 bridgehead atoms. The summed E-state index contributed by atoms with van der Waals surface area (Å²) in [4.78, 5) is 14.9. The average Bonchev–Trinajstić information content (AvgIpc) is 2.93. The second-order valence-electron chi connectivity index (χ2n) is 10.3. The maximum Gasteiger partial charge on any atom is 0.412 e. The molecule has 1 N–H and O–H groups in total. The fraction of sp³-hybridized carbons (Fsp3) is 0.682. The van der Waals surface area contributed by atoms with E-state index in [2.05, 4.69) is 49.8 Å². The zero-order valence-electron chi connectivity index (χ0n) is 19.0. The highest BCUT2D eigenvalue weighted by Gasteiger charge is 2.57. The SMILES string of the molecule is C[SiH](C)O[C@]1(C(O)c2ccc(Br)cc2)C[C@H](C(C)(C)C)CN1C(=O)OC(C)(C)C. The molecule has 7 heteroatoms. The standard InChI is InChI=1S/C22H36BrNO4Si/c1-20(2,3)16-13-22(28-29(7)8,18(25)15-9-11-17(23)12-10-15)24(14-16)19(26)27-21(4,5)6/h9-12,16,18,25,29H,13-14H2,1-8H3/t16-,18?,22-/m0/s1. The summed E-state index contributed by atoms with van der Waals surface area (Å²) in [5.74, 6) is 0.174. The zero-order valence-corrected chi connectivity index (χ0v) is 21.7. The van der Waals surface area contributed by atoms with Gasteiger partial charge >= 0.3 is 6.09 Å². The van der Waals surface area contributed by atoms with Gasteiger partial charge in [0.1, 0.15) is 11.7 Å². The number of carbonyl (C=O) groups is 1. The maximum atomic E-state index is 13.2. The van der Waals surface area contributed by atoms with Crippen LogP contribution in [0.1, 0.15) is 59.6 Å². The molecule has 1 aliphatic rings. The Morgan fingerprint density at radius 2 is 1.76 bits per heavy atom. The van der Waals surface area contributed by atoms with Gasteiger partial charge in [-0.15, -0.1) is 0 Å². The summed E-state index contributed by atoms with van der Waals surface area (Å²) in [6.07, 6.45) is -0.835. The molecule has 2 rings (SSSR count). The fourth-order valence-electron chi connectivity index (χ4n) is 3.78. The Kier molecular flexibility index (Phi) is 7.31. The lowest BCUT2D eigenvalue weighted by Crippen LogP contribution is -2.56. The van der Waals surface area contributed by atoms with Crippen LogP contribution in [0.3, 0.4) is 0 Å². The van der Waals surface area contributed by atoms with E-state index in [0.29, 0.717) is 13.0 Å². The smallest absolute Gasteiger partial charge is 0.412 e. The molecule has 5 nitrogen and oxygen atoms in total. The fourth-order valence-corrected chi connectivity index (χ4v) is 5.21. The number of rotatable bonds is 4. The summed E-state index contributed by atoms with van der Waals surface area (Å²) < 4.78 is 13.2. The largest absolute Gasteiger partial charge is 0.444 e. The van der Waals surface area contributed by atoms with Crippen LogP contribution in [0.15, 0.2) is 28.7 Å². The van der Waals surface area contributed by atoms with Crippen LogP contribution in [0.2, 0.25) is 13.1 Å². The Bertz CT molecular complexity index is 711. The minimum atomic E-state index is -1.61. The molecule has 1 aromatic rings. The van der Waals surface area contributed by atoms with Gasteiger partial charge in [-0.25, -0.2) is 4.79 Å². The molecule has 0 aromatic heterocycles. The first-order valence-corrected chi connectivity index (χ1v) is 13.8. The number of aliphatic hydroxyl groups excluding tert-OH is 1. The van der Waals surface area contributed by atoms with Crippen LogP contribution in [-0.2, 0) is 9.16 Å². The topological polar surface area (TPSA) is 59.0 Å². The molecule has 3 atom stereocenters. The molecule has 29 heavy (non-hydrogen) atoms. The number of hydrogen-bond acceptors (Lipinski definition) is 4. The molecule has 1 aromatic carbocycles. The van der Waals surface area contributed by atoms with Crippen molar-refractivity contribution in [2.75, 3.05) is 6.54 Å². The van der Waals surface area contributed by atoms with Gasteiger partial charge < -0.3 is 14.3 Å². The second kappa shape index (κ2) is 8.69. The van der Waals surface area contributed by atoms with Crippen LogP contribution in [-0.4, -0.2) is 43.0 Å². The van der Waals surface area contributed by atoms with Crippen molar-refractivity contribution in [2.45, 2.75) is 78.5 Å². The van der Waals surface area contributed by atoms with E-state index in [9.17, 15) is 9.90 Å². The summed E-state index contributed by atoms with van der Waals surface area (Å²) in [5, 5.41) is 11.5. The Morgan fingerprint density at radius 3 is 2.21 bits per heavy atom. The van der Waals surface area contributed by atoms with E-state index < -0.39 is 32.6 Å². The van der Waals surface area contributed by atoms with Crippen molar-refractivity contribution < 1.29 is 19.1 Å². The number of aliphatic hydroxyl groups is 1. The first-order chi connectivity index (χ1) is 13.2. The van der Waals surface area contributed by atoms with Gasteiger partial charge in [0.05, 0.1) is 0 Å². The van der Waals surface area contributed by atoms with Crippen molar-refractivity contribution >= 4 is 31.1 Å². The van der Waals surface area contributed by atoms with Gasteiger partial charge in [-0.3, -0.25) is 4.90 Å². The third-order valence-corrected chi connectivity index (χ3v) is 6.70. The van der Waals surface area contributed by atoms with Gasteiger partial charge in [0, 0.05) is 17.4 Å². The van der Waals surface area contributed by atoms with Gasteiger partial charge in [0.25, 0.3) is 0 Å². The highest BCUT2D eigenvalue weighted by molar-refractivity contribution is 9.10. The average molecular weight is 487 g/mol. The molecule has 1 fully saturated rings. The molecular formula is C22H36BrNO4Si. The van der Waals surface area contributed by atoms with Crippen molar-refractivity contribution in [1.29, 1.82) is 0 Å². The van der Waals surface area contributed by atoms with Gasteiger partial charge in [-0.1, -0.05) is 48.8 Å². The highest BCUT2D eigenvalue weighted by Crippen LogP contribution is 2.49. The number of nitrogens with zero attached hydrogens (tertiary/aromatic N) is 1. The molecule has 0 aliphatic carbocycles. The molecule has 1 amide bonds. The molecule has 164 valence electrons. The first kappa shape index (κ1) is 24.4. The number of halogens is 1. The van der Waals surface area contributed by atoms with Gasteiger partial charge in [-0.2, -0.15) is 0 Å². The summed E-state index contributed by atoms with van der Waals surface area (Å²) >= 11 is 3.45. The lowest BCUT2D eigenvalue weighted by atomic mass is 9.78. The minimum Gasteiger partial charge on any atom is -0.444 e. The molecule has 0 saturated carbocycles. The summed E-state index contributed by atoms with van der Waals surface area (Å²) in [5.41, 5.74) is -1.07. The van der Waals surface area contributed by atoms with Crippen LogP contribution < -0.4 is 0 Å². The van der Waals surface area contributed by atoms with Crippen LogP contribution in [0, 0.1) is 11.3 Å². The summed E-state index contributed by atoms with van der Waals surface area (Å²) in [6.45, 7) is 16.7. The number of benzene rings is 1. The highest BCUT2D eigenvalue weighted by atomic mass is 79.9. The van der Waals surface area contributed by atoms with E-state index in [-0.39, 0.29) is 11.3 Å². The number of hydrogen-bond donors (Lipinski definition) is 1. The van der Waals surface area contributed by atoms with Gasteiger partial charge in [-0.05, 0) is 62.9 Å². The van der Waals surface area contributed by atoms with Gasteiger partial charge in [0.2, 0.25) is 0 Å². The van der Waals surface area contributed by atoms with E-state index in [1.54, 1.807) is 4.90 Å². The van der Waals surface area contributed by atoms with Gasteiger partial charge in [0.15, 0.2) is 14.8 Å². The first-order valence-electron chi connectivity index (χ1n) is 10.3. The van der Waals surface area contributed by atoms with Crippen LogP contribution >= 0.6 is 15.9 Å². The molecular weight excluding hydrogens is 450 g/mol. The van der Waals surface area contributed by atoms with Crippen molar-refractivity contribution in [3.63, 3.8) is 0 Å². The maximum absolute atomic E-state index is 13.2. The number of amides is 1. The van der Waals surface area contributed by atoms with E-state index in [4.69, 9.17) is 9.16 Å². The van der Waals surface area contributed by atoms with E-state index in [1.165, 1.54) is 0 Å². The third-order valence-electron chi connectivity index (χ3n) is 5.29. The van der Waals surface area contributed by atoms with Crippen molar-refractivity contribution in [3.8, 4) is 0 Å². The lowest BCUT2D eigenvalue weighted by molar-refractivity contribution is -0.140.